The summed E-state index contributed by atoms with van der Waals surface area (Å²) in [6.45, 7) is 5.45. The third-order valence-electron chi connectivity index (χ3n) is 6.46. The van der Waals surface area contributed by atoms with Crippen molar-refractivity contribution in [2.75, 3.05) is 69.7 Å². The molecule has 0 atom stereocenters. The van der Waals surface area contributed by atoms with Crippen LogP contribution >= 0.6 is 0 Å². The third-order valence-corrected chi connectivity index (χ3v) is 6.46. The molecule has 2 aliphatic rings. The molecule has 9 heteroatoms. The van der Waals surface area contributed by atoms with E-state index >= 15 is 0 Å². The number of amides is 3. The van der Waals surface area contributed by atoms with E-state index < -0.39 is 6.09 Å². The Kier molecular flexibility index (Phi) is 8.20. The highest BCUT2D eigenvalue weighted by Crippen LogP contribution is 2.29. The summed E-state index contributed by atoms with van der Waals surface area (Å²) in [7, 11) is 1.31. The van der Waals surface area contributed by atoms with Crippen molar-refractivity contribution in [1.29, 1.82) is 0 Å². The SMILES string of the molecule is COC(=O)Nc1cc(C(=O)N2CCCNCC2)ccc1N1CCN(C(=O)Cc2ccccc2)CC1. The van der Waals surface area contributed by atoms with Crippen LogP contribution in [-0.2, 0) is 16.0 Å². The van der Waals surface area contributed by atoms with E-state index in [1.54, 1.807) is 6.07 Å². The molecule has 0 radical (unpaired) electrons. The molecule has 2 saturated heterocycles. The summed E-state index contributed by atoms with van der Waals surface area (Å²) < 4.78 is 4.81. The lowest BCUT2D eigenvalue weighted by Gasteiger charge is -2.37. The van der Waals surface area contributed by atoms with Crippen LogP contribution < -0.4 is 15.5 Å². The Labute approximate surface area is 206 Å². The van der Waals surface area contributed by atoms with Crippen molar-refractivity contribution in [3.8, 4) is 0 Å². The predicted molar refractivity (Wildman–Crippen MR) is 135 cm³/mol. The molecule has 186 valence electrons. The number of carbonyl (C=O) groups is 3. The number of anilines is 2. The summed E-state index contributed by atoms with van der Waals surface area (Å²) in [5, 5.41) is 6.07. The van der Waals surface area contributed by atoms with Gasteiger partial charge in [-0.3, -0.25) is 14.9 Å². The van der Waals surface area contributed by atoms with Crippen molar-refractivity contribution in [2.45, 2.75) is 12.8 Å². The van der Waals surface area contributed by atoms with Gasteiger partial charge in [0.2, 0.25) is 5.91 Å². The molecule has 4 rings (SSSR count). The number of nitrogens with one attached hydrogen (secondary N) is 2. The summed E-state index contributed by atoms with van der Waals surface area (Å²) in [5.41, 5.74) is 2.86. The van der Waals surface area contributed by atoms with Crippen molar-refractivity contribution in [3.63, 3.8) is 0 Å². The van der Waals surface area contributed by atoms with Crippen LogP contribution in [0.3, 0.4) is 0 Å². The molecule has 2 heterocycles. The fourth-order valence-electron chi connectivity index (χ4n) is 4.52. The van der Waals surface area contributed by atoms with Gasteiger partial charge in [-0.1, -0.05) is 30.3 Å². The first-order valence-electron chi connectivity index (χ1n) is 12.1. The van der Waals surface area contributed by atoms with Crippen molar-refractivity contribution < 1.29 is 19.1 Å². The van der Waals surface area contributed by atoms with Crippen molar-refractivity contribution in [2.24, 2.45) is 0 Å². The van der Waals surface area contributed by atoms with E-state index in [1.165, 1.54) is 7.11 Å². The molecule has 0 bridgehead atoms. The van der Waals surface area contributed by atoms with Gasteiger partial charge in [0.1, 0.15) is 0 Å². The summed E-state index contributed by atoms with van der Waals surface area (Å²) in [6.07, 6.45) is 0.704. The van der Waals surface area contributed by atoms with Gasteiger partial charge in [-0.15, -0.1) is 0 Å². The Morgan fingerprint density at radius 2 is 1.69 bits per heavy atom. The second-order valence-electron chi connectivity index (χ2n) is 8.77. The van der Waals surface area contributed by atoms with Gasteiger partial charge in [-0.2, -0.15) is 0 Å². The molecular weight excluding hydrogens is 446 g/mol. The lowest BCUT2D eigenvalue weighted by Crippen LogP contribution is -2.49. The van der Waals surface area contributed by atoms with E-state index in [0.29, 0.717) is 56.9 Å². The van der Waals surface area contributed by atoms with Crippen LogP contribution in [0.15, 0.2) is 48.5 Å². The molecule has 3 amide bonds. The first kappa shape index (κ1) is 24.5. The molecule has 2 fully saturated rings. The number of nitrogens with zero attached hydrogens (tertiary/aromatic N) is 3. The zero-order valence-corrected chi connectivity index (χ0v) is 20.2. The summed E-state index contributed by atoms with van der Waals surface area (Å²) >= 11 is 0. The highest BCUT2D eigenvalue weighted by Gasteiger charge is 2.25. The number of ether oxygens (including phenoxy) is 1. The highest BCUT2D eigenvalue weighted by atomic mass is 16.5. The number of rotatable bonds is 5. The normalized spacial score (nSPS) is 16.4. The number of hydrogen-bond donors (Lipinski definition) is 2. The van der Waals surface area contributed by atoms with Crippen molar-refractivity contribution in [3.05, 3.63) is 59.7 Å². The summed E-state index contributed by atoms with van der Waals surface area (Å²) in [6, 6.07) is 15.1. The Morgan fingerprint density at radius 3 is 2.43 bits per heavy atom. The van der Waals surface area contributed by atoms with E-state index in [-0.39, 0.29) is 11.8 Å². The molecule has 0 unspecified atom stereocenters. The van der Waals surface area contributed by atoms with Crippen LogP contribution in [0.1, 0.15) is 22.3 Å². The van der Waals surface area contributed by atoms with Crippen LogP contribution in [0.2, 0.25) is 0 Å². The minimum absolute atomic E-state index is 0.0514. The summed E-state index contributed by atoms with van der Waals surface area (Å²) in [4.78, 5) is 43.8. The average Bonchev–Trinajstić information content (AvgIpc) is 3.18. The van der Waals surface area contributed by atoms with E-state index in [2.05, 4.69) is 15.5 Å². The second-order valence-corrected chi connectivity index (χ2v) is 8.77. The molecule has 2 aromatic carbocycles. The minimum Gasteiger partial charge on any atom is -0.453 e. The standard InChI is InChI=1S/C26H33N5O4/c1-35-26(34)28-22-19-21(25(33)31-12-5-10-27-11-13-31)8-9-23(22)29-14-16-30(17-15-29)24(32)18-20-6-3-2-4-7-20/h2-4,6-9,19,27H,5,10-18H2,1H3,(H,28,34). The zero-order valence-electron chi connectivity index (χ0n) is 20.2. The van der Waals surface area contributed by atoms with E-state index in [1.807, 2.05) is 52.3 Å². The molecule has 2 aromatic rings. The van der Waals surface area contributed by atoms with Gasteiger partial charge in [0.25, 0.3) is 5.91 Å². The smallest absolute Gasteiger partial charge is 0.411 e. The number of carbonyl (C=O) groups excluding carboxylic acids is 3. The quantitative estimate of drug-likeness (QED) is 0.683. The van der Waals surface area contributed by atoms with Crippen LogP contribution in [0, 0.1) is 0 Å². The molecule has 0 spiro atoms. The average molecular weight is 480 g/mol. The van der Waals surface area contributed by atoms with Crippen LogP contribution in [0.25, 0.3) is 0 Å². The van der Waals surface area contributed by atoms with Crippen LogP contribution in [0.4, 0.5) is 16.2 Å². The molecular formula is C26H33N5O4. The fourth-order valence-corrected chi connectivity index (χ4v) is 4.52. The molecule has 0 saturated carbocycles. The Hall–Kier alpha value is -3.59. The summed E-state index contributed by atoms with van der Waals surface area (Å²) in [5.74, 6) is 0.0566. The van der Waals surface area contributed by atoms with Gasteiger partial charge in [0, 0.05) is 51.4 Å². The van der Waals surface area contributed by atoms with Gasteiger partial charge in [0.05, 0.1) is 24.9 Å². The predicted octanol–water partition coefficient (Wildman–Crippen LogP) is 2.19. The van der Waals surface area contributed by atoms with Crippen LogP contribution in [-0.4, -0.2) is 87.2 Å². The number of hydrogen-bond acceptors (Lipinski definition) is 6. The van der Waals surface area contributed by atoms with Gasteiger partial charge < -0.3 is 24.8 Å². The number of methoxy groups -OCH3 is 1. The Balaban J connectivity index is 1.45. The lowest BCUT2D eigenvalue weighted by atomic mass is 10.1. The topological polar surface area (TPSA) is 94.2 Å². The third kappa shape index (κ3) is 6.30. The van der Waals surface area contributed by atoms with Crippen molar-refractivity contribution >= 4 is 29.3 Å². The highest BCUT2D eigenvalue weighted by molar-refractivity contribution is 5.98. The maximum absolute atomic E-state index is 13.1. The maximum Gasteiger partial charge on any atom is 0.411 e. The first-order valence-corrected chi connectivity index (χ1v) is 12.1. The number of benzene rings is 2. The molecule has 35 heavy (non-hydrogen) atoms. The molecule has 2 N–H and O–H groups in total. The monoisotopic (exact) mass is 479 g/mol. The molecule has 0 aromatic heterocycles. The Bertz CT molecular complexity index is 1030. The first-order chi connectivity index (χ1) is 17.0. The van der Waals surface area contributed by atoms with Gasteiger partial charge in [-0.05, 0) is 36.7 Å². The molecule has 9 nitrogen and oxygen atoms in total. The second kappa shape index (κ2) is 11.7. The zero-order chi connectivity index (χ0) is 24.6. The van der Waals surface area contributed by atoms with Crippen molar-refractivity contribution in [1.82, 2.24) is 15.1 Å². The Morgan fingerprint density at radius 1 is 0.914 bits per heavy atom. The minimum atomic E-state index is -0.591. The van der Waals surface area contributed by atoms with E-state index in [9.17, 15) is 14.4 Å². The number of piperazine rings is 1. The van der Waals surface area contributed by atoms with Crippen LogP contribution in [0.5, 0.6) is 0 Å². The largest absolute Gasteiger partial charge is 0.453 e. The van der Waals surface area contributed by atoms with E-state index in [4.69, 9.17) is 4.74 Å². The van der Waals surface area contributed by atoms with Gasteiger partial charge >= 0.3 is 6.09 Å². The lowest BCUT2D eigenvalue weighted by molar-refractivity contribution is -0.130. The molecule has 2 aliphatic heterocycles. The van der Waals surface area contributed by atoms with Gasteiger partial charge in [-0.25, -0.2) is 4.79 Å². The fraction of sp³-hybridized carbons (Fsp3) is 0.423. The molecule has 0 aliphatic carbocycles. The maximum atomic E-state index is 13.1. The van der Waals surface area contributed by atoms with E-state index in [0.717, 1.165) is 30.8 Å². The van der Waals surface area contributed by atoms with Gasteiger partial charge in [0.15, 0.2) is 0 Å².